The average Bonchev–Trinajstić information content (AvgIpc) is 3.07. The third kappa shape index (κ3) is 3.63. The fraction of sp³-hybridized carbons (Fsp3) is 0.533. The van der Waals surface area contributed by atoms with Gasteiger partial charge in [0.2, 0.25) is 0 Å². The third-order valence-corrected chi connectivity index (χ3v) is 4.65. The highest BCUT2D eigenvalue weighted by atomic mass is 79.9. The van der Waals surface area contributed by atoms with Gasteiger partial charge in [-0.3, -0.25) is 4.90 Å². The van der Waals surface area contributed by atoms with Crippen LogP contribution in [0.3, 0.4) is 0 Å². The zero-order valence-corrected chi connectivity index (χ0v) is 13.4. The van der Waals surface area contributed by atoms with E-state index in [9.17, 15) is 13.2 Å². The first-order valence-electron chi connectivity index (χ1n) is 7.18. The lowest BCUT2D eigenvalue weighted by Gasteiger charge is -2.18. The second-order valence-corrected chi connectivity index (χ2v) is 6.71. The maximum Gasteiger partial charge on any atom is 0.416 e. The molecule has 0 amide bonds. The van der Waals surface area contributed by atoms with Crippen LogP contribution in [-0.4, -0.2) is 28.7 Å². The molecular weight excluding hydrogens is 361 g/mol. The smallest absolute Gasteiger partial charge is 0.391 e. The maximum atomic E-state index is 12.5. The van der Waals surface area contributed by atoms with Crippen LogP contribution < -0.4 is 0 Å². The van der Waals surface area contributed by atoms with Crippen LogP contribution in [0.1, 0.15) is 24.0 Å². The first-order chi connectivity index (χ1) is 10.4. The molecule has 3 nitrogen and oxygen atoms in total. The van der Waals surface area contributed by atoms with Crippen molar-refractivity contribution in [1.82, 2.24) is 4.90 Å². The predicted octanol–water partition coefficient (Wildman–Crippen LogP) is 4.02. The lowest BCUT2D eigenvalue weighted by molar-refractivity contribution is -0.137. The third-order valence-electron chi connectivity index (χ3n) is 4.18. The number of alkyl halides is 3. The van der Waals surface area contributed by atoms with Gasteiger partial charge in [0.15, 0.2) is 0 Å². The van der Waals surface area contributed by atoms with Crippen LogP contribution in [0.25, 0.3) is 0 Å². The summed E-state index contributed by atoms with van der Waals surface area (Å²) in [6.45, 7) is 2.49. The van der Waals surface area contributed by atoms with Crippen LogP contribution in [0.5, 0.6) is 0 Å². The molecule has 2 aliphatic rings. The molecule has 1 aromatic rings. The standard InChI is InChI=1S/C15H16BrF3N2O/c16-14-7-13(22-20-14)11-5-6-21(9-11)8-10-1-3-12(4-2-10)15(17,18)19/h1-4,11,13H,5-9H2/t11-,13+/m0/s1. The van der Waals surface area contributed by atoms with Crippen molar-refractivity contribution in [1.29, 1.82) is 0 Å². The van der Waals surface area contributed by atoms with Gasteiger partial charge in [-0.1, -0.05) is 17.3 Å². The van der Waals surface area contributed by atoms with Crippen LogP contribution in [-0.2, 0) is 17.6 Å². The number of halogens is 4. The molecule has 3 rings (SSSR count). The predicted molar refractivity (Wildman–Crippen MR) is 80.7 cm³/mol. The first-order valence-corrected chi connectivity index (χ1v) is 7.98. The molecule has 0 unspecified atom stereocenters. The quantitative estimate of drug-likeness (QED) is 0.795. The van der Waals surface area contributed by atoms with Crippen molar-refractivity contribution in [3.05, 3.63) is 35.4 Å². The molecule has 7 heteroatoms. The molecule has 120 valence electrons. The summed E-state index contributed by atoms with van der Waals surface area (Å²) in [6.07, 6.45) is -2.32. The molecule has 0 radical (unpaired) electrons. The Morgan fingerprint density at radius 2 is 2.00 bits per heavy atom. The van der Waals surface area contributed by atoms with Gasteiger partial charge in [0.1, 0.15) is 10.7 Å². The molecule has 1 saturated heterocycles. The monoisotopic (exact) mass is 376 g/mol. The molecule has 2 atom stereocenters. The van der Waals surface area contributed by atoms with Gasteiger partial charge in [-0.15, -0.1) is 0 Å². The Labute approximate surface area is 135 Å². The zero-order chi connectivity index (χ0) is 15.7. The molecule has 0 aliphatic carbocycles. The summed E-state index contributed by atoms with van der Waals surface area (Å²) in [7, 11) is 0. The van der Waals surface area contributed by atoms with Gasteiger partial charge in [0.25, 0.3) is 0 Å². The van der Waals surface area contributed by atoms with Crippen molar-refractivity contribution >= 4 is 20.6 Å². The largest absolute Gasteiger partial charge is 0.416 e. The Morgan fingerprint density at radius 3 is 2.59 bits per heavy atom. The molecule has 0 spiro atoms. The van der Waals surface area contributed by atoms with Gasteiger partial charge >= 0.3 is 6.18 Å². The molecule has 1 fully saturated rings. The fourth-order valence-electron chi connectivity index (χ4n) is 2.99. The number of likely N-dealkylation sites (tertiary alicyclic amines) is 1. The van der Waals surface area contributed by atoms with Crippen molar-refractivity contribution in [2.75, 3.05) is 13.1 Å². The lowest BCUT2D eigenvalue weighted by atomic mass is 10.00. The summed E-state index contributed by atoms with van der Waals surface area (Å²) >= 11 is 3.34. The summed E-state index contributed by atoms with van der Waals surface area (Å²) in [5.41, 5.74) is 0.301. The molecule has 0 bridgehead atoms. The van der Waals surface area contributed by atoms with Gasteiger partial charge < -0.3 is 4.84 Å². The minimum absolute atomic E-state index is 0.118. The maximum absolute atomic E-state index is 12.5. The molecule has 2 heterocycles. The number of nitrogens with zero attached hydrogens (tertiary/aromatic N) is 2. The minimum Gasteiger partial charge on any atom is -0.391 e. The van der Waals surface area contributed by atoms with Gasteiger partial charge in [0, 0.05) is 25.4 Å². The molecule has 0 N–H and O–H groups in total. The second-order valence-electron chi connectivity index (χ2n) is 5.79. The van der Waals surface area contributed by atoms with E-state index in [1.54, 1.807) is 12.1 Å². The first kappa shape index (κ1) is 15.8. The van der Waals surface area contributed by atoms with Crippen molar-refractivity contribution in [3.63, 3.8) is 0 Å². The Morgan fingerprint density at radius 1 is 1.27 bits per heavy atom. The van der Waals surface area contributed by atoms with Crippen molar-refractivity contribution in [2.24, 2.45) is 11.1 Å². The van der Waals surface area contributed by atoms with Crippen molar-refractivity contribution in [2.45, 2.75) is 31.7 Å². The fourth-order valence-corrected chi connectivity index (χ4v) is 3.39. The van der Waals surface area contributed by atoms with E-state index < -0.39 is 11.7 Å². The molecule has 1 aromatic carbocycles. The Hall–Kier alpha value is -1.08. The summed E-state index contributed by atoms with van der Waals surface area (Å²) in [4.78, 5) is 7.64. The van der Waals surface area contributed by atoms with E-state index >= 15 is 0 Å². The number of oxime groups is 1. The number of hydrogen-bond donors (Lipinski definition) is 0. The highest BCUT2D eigenvalue weighted by molar-refractivity contribution is 9.18. The van der Waals surface area contributed by atoms with Crippen LogP contribution >= 0.6 is 15.9 Å². The van der Waals surface area contributed by atoms with Crippen LogP contribution in [0.15, 0.2) is 29.4 Å². The minimum atomic E-state index is -4.27. The molecule has 22 heavy (non-hydrogen) atoms. The van der Waals surface area contributed by atoms with E-state index in [4.69, 9.17) is 4.84 Å². The highest BCUT2D eigenvalue weighted by Crippen LogP contribution is 2.31. The van der Waals surface area contributed by atoms with Gasteiger partial charge in [-0.05, 0) is 46.6 Å². The number of benzene rings is 1. The molecule has 0 saturated carbocycles. The van der Waals surface area contributed by atoms with E-state index in [2.05, 4.69) is 26.0 Å². The van der Waals surface area contributed by atoms with E-state index in [1.807, 2.05) is 0 Å². The molecular formula is C15H16BrF3N2O. The van der Waals surface area contributed by atoms with E-state index in [1.165, 1.54) is 0 Å². The summed E-state index contributed by atoms with van der Waals surface area (Å²) in [5.74, 6) is 0.424. The summed E-state index contributed by atoms with van der Waals surface area (Å²) in [6, 6.07) is 5.41. The van der Waals surface area contributed by atoms with Gasteiger partial charge in [-0.25, -0.2) is 0 Å². The Kier molecular flexibility index (Phi) is 4.45. The second kappa shape index (κ2) is 6.20. The van der Waals surface area contributed by atoms with Gasteiger partial charge in [-0.2, -0.15) is 13.2 Å². The SMILES string of the molecule is FC(F)(F)c1ccc(CN2CC[C@H]([C@H]3CC(Br)=NO3)C2)cc1. The summed E-state index contributed by atoms with van der Waals surface area (Å²) < 4.78 is 38.5. The zero-order valence-electron chi connectivity index (χ0n) is 11.8. The Bertz CT molecular complexity index is 559. The molecule has 0 aromatic heterocycles. The van der Waals surface area contributed by atoms with Crippen LogP contribution in [0.2, 0.25) is 0 Å². The molecule has 2 aliphatic heterocycles. The average molecular weight is 377 g/mol. The van der Waals surface area contributed by atoms with E-state index in [0.29, 0.717) is 12.5 Å². The summed E-state index contributed by atoms with van der Waals surface area (Å²) in [5, 5.41) is 3.91. The number of rotatable bonds is 3. The number of hydrogen-bond acceptors (Lipinski definition) is 3. The van der Waals surface area contributed by atoms with Crippen LogP contribution in [0.4, 0.5) is 13.2 Å². The normalized spacial score (nSPS) is 26.1. The van der Waals surface area contributed by atoms with E-state index in [-0.39, 0.29) is 6.10 Å². The van der Waals surface area contributed by atoms with Crippen LogP contribution in [0, 0.1) is 5.92 Å². The van der Waals surface area contributed by atoms with Gasteiger partial charge in [0.05, 0.1) is 5.56 Å². The topological polar surface area (TPSA) is 24.8 Å². The van der Waals surface area contributed by atoms with Crippen molar-refractivity contribution < 1.29 is 18.0 Å². The lowest BCUT2D eigenvalue weighted by Crippen LogP contribution is -2.25. The highest BCUT2D eigenvalue weighted by Gasteiger charge is 2.34. The Balaban J connectivity index is 1.54. The van der Waals surface area contributed by atoms with Crippen molar-refractivity contribution in [3.8, 4) is 0 Å². The van der Waals surface area contributed by atoms with E-state index in [0.717, 1.165) is 48.2 Å².